The van der Waals surface area contributed by atoms with Gasteiger partial charge in [0.05, 0.1) is 17.1 Å². The van der Waals surface area contributed by atoms with E-state index in [-0.39, 0.29) is 0 Å². The highest BCUT2D eigenvalue weighted by atomic mass is 28.4. The number of hydrogen-bond donors (Lipinski definition) is 0. The molecule has 0 aromatic rings. The Bertz CT molecular complexity index is 477. The lowest BCUT2D eigenvalue weighted by atomic mass is 10.1. The topological polar surface area (TPSA) is 64.8 Å². The lowest BCUT2D eigenvalue weighted by Gasteiger charge is -2.17. The van der Waals surface area contributed by atoms with Crippen molar-refractivity contribution in [1.29, 1.82) is 0 Å². The summed E-state index contributed by atoms with van der Waals surface area (Å²) in [5.74, 6) is 0. The number of oxime groups is 3. The Kier molecular flexibility index (Phi) is 9.31. The number of nitrogens with zero attached hydrogens (tertiary/aromatic N) is 3. The van der Waals surface area contributed by atoms with Crippen molar-refractivity contribution < 1.29 is 13.6 Å². The summed E-state index contributed by atoms with van der Waals surface area (Å²) in [6.07, 6.45) is 1.21. The minimum Gasteiger partial charge on any atom is -0.456 e. The lowest BCUT2D eigenvalue weighted by Crippen LogP contribution is -2.25. The Hall–Kier alpha value is -0.939. The van der Waals surface area contributed by atoms with Gasteiger partial charge in [-0.15, -0.1) is 15.5 Å². The summed E-state index contributed by atoms with van der Waals surface area (Å²) in [6.45, 7) is 22.9. The fraction of sp³-hybridized carbons (Fsp3) is 0.812. The monoisotopic (exact) mass is 403 g/mol. The van der Waals surface area contributed by atoms with Crippen LogP contribution in [0.5, 0.6) is 0 Å². The fourth-order valence-corrected chi connectivity index (χ4v) is 2.68. The van der Waals surface area contributed by atoms with Gasteiger partial charge in [-0.3, -0.25) is 0 Å². The maximum atomic E-state index is 5.74. The standard InChI is InChI=1S/C16H37N3O3Si3/c1-14(17-20-23(3,4)5)12-16(19-22-25(9,10)11)13-15(2)18-21-24(6,7)8/h12-13H2,1-11H3. The van der Waals surface area contributed by atoms with Gasteiger partial charge in [-0.25, -0.2) is 0 Å². The molecular formula is C16H37N3O3Si3. The van der Waals surface area contributed by atoms with Crippen LogP contribution in [0.2, 0.25) is 58.9 Å². The Morgan fingerprint density at radius 3 is 1.12 bits per heavy atom. The smallest absolute Gasteiger partial charge is 0.278 e. The summed E-state index contributed by atoms with van der Waals surface area (Å²) in [4.78, 5) is 0. The zero-order chi connectivity index (χ0) is 19.9. The van der Waals surface area contributed by atoms with Gasteiger partial charge in [-0.2, -0.15) is 0 Å². The first-order valence-electron chi connectivity index (χ1n) is 8.75. The molecule has 0 bridgehead atoms. The molecule has 25 heavy (non-hydrogen) atoms. The van der Waals surface area contributed by atoms with Crippen molar-refractivity contribution >= 4 is 42.1 Å². The van der Waals surface area contributed by atoms with Gasteiger partial charge in [0.25, 0.3) is 25.0 Å². The molecule has 146 valence electrons. The van der Waals surface area contributed by atoms with Gasteiger partial charge in [-0.1, -0.05) is 0 Å². The van der Waals surface area contributed by atoms with Crippen LogP contribution in [0, 0.1) is 0 Å². The lowest BCUT2D eigenvalue weighted by molar-refractivity contribution is 0.330. The molecule has 0 aliphatic rings. The van der Waals surface area contributed by atoms with E-state index in [0.717, 1.165) is 17.1 Å². The molecule has 0 fully saturated rings. The molecule has 0 saturated carbocycles. The van der Waals surface area contributed by atoms with Crippen LogP contribution in [0.4, 0.5) is 0 Å². The third kappa shape index (κ3) is 16.3. The maximum absolute atomic E-state index is 5.74. The largest absolute Gasteiger partial charge is 0.456 e. The van der Waals surface area contributed by atoms with E-state index >= 15 is 0 Å². The minimum absolute atomic E-state index is 0.606. The molecule has 0 aromatic carbocycles. The molecule has 9 heteroatoms. The van der Waals surface area contributed by atoms with E-state index < -0.39 is 25.0 Å². The third-order valence-corrected chi connectivity index (χ3v) is 4.24. The molecule has 0 spiro atoms. The summed E-state index contributed by atoms with van der Waals surface area (Å²) >= 11 is 0. The number of rotatable bonds is 10. The van der Waals surface area contributed by atoms with Gasteiger partial charge in [0, 0.05) is 12.8 Å². The van der Waals surface area contributed by atoms with Crippen LogP contribution in [0.3, 0.4) is 0 Å². The fourth-order valence-electron chi connectivity index (χ4n) is 1.41. The van der Waals surface area contributed by atoms with E-state index in [1.165, 1.54) is 0 Å². The molecule has 0 amide bonds. The third-order valence-electron chi connectivity index (χ3n) is 2.32. The van der Waals surface area contributed by atoms with E-state index in [1.54, 1.807) is 0 Å². The molecule has 0 aliphatic heterocycles. The van der Waals surface area contributed by atoms with E-state index in [1.807, 2.05) is 13.8 Å². The molecule has 0 rings (SSSR count). The quantitative estimate of drug-likeness (QED) is 0.277. The Morgan fingerprint density at radius 2 is 0.840 bits per heavy atom. The molecule has 0 radical (unpaired) electrons. The summed E-state index contributed by atoms with van der Waals surface area (Å²) in [5.41, 5.74) is 2.67. The highest BCUT2D eigenvalue weighted by Gasteiger charge is 2.19. The molecule has 0 aromatic heterocycles. The zero-order valence-electron chi connectivity index (χ0n) is 18.0. The summed E-state index contributed by atoms with van der Waals surface area (Å²) in [7, 11) is -5.09. The average molecular weight is 404 g/mol. The highest BCUT2D eigenvalue weighted by molar-refractivity contribution is 6.70. The van der Waals surface area contributed by atoms with Gasteiger partial charge in [0.1, 0.15) is 0 Å². The van der Waals surface area contributed by atoms with Crippen LogP contribution >= 0.6 is 0 Å². The second kappa shape index (κ2) is 9.67. The van der Waals surface area contributed by atoms with E-state index in [9.17, 15) is 0 Å². The minimum atomic E-state index is -1.73. The van der Waals surface area contributed by atoms with Crippen LogP contribution in [0.25, 0.3) is 0 Å². The predicted molar refractivity (Wildman–Crippen MR) is 116 cm³/mol. The molecule has 0 heterocycles. The maximum Gasteiger partial charge on any atom is 0.278 e. The highest BCUT2D eigenvalue weighted by Crippen LogP contribution is 2.10. The number of hydrogen-bond acceptors (Lipinski definition) is 6. The molecule has 0 aliphatic carbocycles. The van der Waals surface area contributed by atoms with Crippen molar-refractivity contribution in [2.75, 3.05) is 0 Å². The van der Waals surface area contributed by atoms with Crippen molar-refractivity contribution in [3.63, 3.8) is 0 Å². The van der Waals surface area contributed by atoms with Gasteiger partial charge in [0.15, 0.2) is 0 Å². The van der Waals surface area contributed by atoms with Crippen molar-refractivity contribution in [2.45, 2.75) is 85.6 Å². The Balaban J connectivity index is 5.11. The van der Waals surface area contributed by atoms with E-state index in [0.29, 0.717) is 12.8 Å². The van der Waals surface area contributed by atoms with Gasteiger partial charge in [0.2, 0.25) is 0 Å². The SMILES string of the molecule is CC(CC(CC(C)=NO[Si](C)(C)C)=NO[Si](C)(C)C)=NO[Si](C)(C)C. The second-order valence-corrected chi connectivity index (χ2v) is 22.5. The summed E-state index contributed by atoms with van der Waals surface area (Å²) in [5, 5.41) is 12.9. The molecule has 0 N–H and O–H groups in total. The summed E-state index contributed by atoms with van der Waals surface area (Å²) in [6, 6.07) is 0. The molecule has 6 nitrogen and oxygen atoms in total. The van der Waals surface area contributed by atoms with E-state index in [4.69, 9.17) is 13.6 Å². The van der Waals surface area contributed by atoms with Crippen molar-refractivity contribution in [1.82, 2.24) is 0 Å². The second-order valence-electron chi connectivity index (χ2n) is 9.28. The molecule has 0 unspecified atom stereocenters. The van der Waals surface area contributed by atoms with Crippen LogP contribution in [0.1, 0.15) is 26.7 Å². The van der Waals surface area contributed by atoms with Crippen molar-refractivity contribution in [3.8, 4) is 0 Å². The first-order valence-corrected chi connectivity index (χ1v) is 19.0. The normalized spacial score (nSPS) is 14.2. The Labute approximate surface area is 157 Å². The first-order chi connectivity index (χ1) is 11.1. The first kappa shape index (κ1) is 24.1. The van der Waals surface area contributed by atoms with Crippen LogP contribution in [0.15, 0.2) is 15.5 Å². The van der Waals surface area contributed by atoms with Gasteiger partial charge >= 0.3 is 0 Å². The van der Waals surface area contributed by atoms with Crippen molar-refractivity contribution in [3.05, 3.63) is 0 Å². The molecule has 0 atom stereocenters. The molecular weight excluding hydrogens is 366 g/mol. The van der Waals surface area contributed by atoms with Gasteiger partial charge < -0.3 is 13.6 Å². The predicted octanol–water partition coefficient (Wildman–Crippen LogP) is 5.43. The van der Waals surface area contributed by atoms with E-state index in [2.05, 4.69) is 74.4 Å². The van der Waals surface area contributed by atoms with Crippen molar-refractivity contribution in [2.24, 2.45) is 15.5 Å². The Morgan fingerprint density at radius 1 is 0.560 bits per heavy atom. The van der Waals surface area contributed by atoms with Crippen LogP contribution in [-0.4, -0.2) is 42.1 Å². The molecule has 0 saturated heterocycles. The van der Waals surface area contributed by atoms with Gasteiger partial charge in [-0.05, 0) is 72.8 Å². The average Bonchev–Trinajstić information content (AvgIpc) is 2.38. The van der Waals surface area contributed by atoms with Crippen LogP contribution in [-0.2, 0) is 13.6 Å². The zero-order valence-corrected chi connectivity index (χ0v) is 21.0. The summed E-state index contributed by atoms with van der Waals surface area (Å²) < 4.78 is 17.0. The van der Waals surface area contributed by atoms with Crippen LogP contribution < -0.4 is 0 Å².